The molecule has 2 amide bonds. The Morgan fingerprint density at radius 2 is 2.17 bits per heavy atom. The number of hydrogen-bond acceptors (Lipinski definition) is 4. The van der Waals surface area contributed by atoms with E-state index in [1.807, 2.05) is 31.2 Å². The van der Waals surface area contributed by atoms with E-state index in [4.69, 9.17) is 5.73 Å². The molecule has 2 atom stereocenters. The maximum absolute atomic E-state index is 12.7. The van der Waals surface area contributed by atoms with Crippen molar-refractivity contribution in [2.75, 3.05) is 13.1 Å². The van der Waals surface area contributed by atoms with Gasteiger partial charge in [-0.2, -0.15) is 0 Å². The molecule has 0 spiro atoms. The Morgan fingerprint density at radius 3 is 2.96 bits per heavy atom. The minimum Gasteiger partial charge on any atom is -0.355 e. The number of imidazole rings is 1. The van der Waals surface area contributed by atoms with Gasteiger partial charge in [0.05, 0.1) is 17.4 Å². The van der Waals surface area contributed by atoms with Crippen LogP contribution < -0.4 is 11.1 Å². The average molecular weight is 315 g/mol. The zero-order valence-corrected chi connectivity index (χ0v) is 13.1. The molecule has 1 fully saturated rings. The van der Waals surface area contributed by atoms with E-state index in [9.17, 15) is 9.59 Å². The first-order chi connectivity index (χ1) is 11.1. The van der Waals surface area contributed by atoms with Crippen LogP contribution in [0.15, 0.2) is 30.6 Å². The Hall–Kier alpha value is -2.41. The molecular weight excluding hydrogens is 294 g/mol. The molecule has 2 aromatic rings. The number of likely N-dealkylation sites (N-methyl/N-ethyl adjacent to an activating group) is 1. The predicted octanol–water partition coefficient (Wildman–Crippen LogP) is 0.101. The van der Waals surface area contributed by atoms with Crippen molar-refractivity contribution in [1.29, 1.82) is 0 Å². The number of nitrogens with zero attached hydrogens (tertiary/aromatic N) is 3. The number of aromatic nitrogens is 2. The normalized spacial score (nSPS) is 20.9. The van der Waals surface area contributed by atoms with Crippen molar-refractivity contribution in [3.05, 3.63) is 30.6 Å². The maximum Gasteiger partial charge on any atom is 0.243 e. The minimum atomic E-state index is -0.479. The molecule has 0 bridgehead atoms. The van der Waals surface area contributed by atoms with E-state index in [2.05, 4.69) is 10.3 Å². The second kappa shape index (κ2) is 6.37. The summed E-state index contributed by atoms with van der Waals surface area (Å²) in [5.41, 5.74) is 7.71. The van der Waals surface area contributed by atoms with Crippen molar-refractivity contribution >= 4 is 22.8 Å². The summed E-state index contributed by atoms with van der Waals surface area (Å²) in [6.45, 7) is 2.96. The highest BCUT2D eigenvalue weighted by atomic mass is 16.2. The Morgan fingerprint density at radius 1 is 1.39 bits per heavy atom. The molecule has 0 radical (unpaired) electrons. The van der Waals surface area contributed by atoms with E-state index >= 15 is 0 Å². The third kappa shape index (κ3) is 3.05. The van der Waals surface area contributed by atoms with Crippen LogP contribution in [0.5, 0.6) is 0 Å². The predicted molar refractivity (Wildman–Crippen MR) is 86.5 cm³/mol. The number of fused-ring (bicyclic) bond motifs is 1. The third-order valence-electron chi connectivity index (χ3n) is 4.14. The Labute approximate surface area is 134 Å². The summed E-state index contributed by atoms with van der Waals surface area (Å²) in [5, 5.41) is 2.77. The molecule has 7 heteroatoms. The van der Waals surface area contributed by atoms with Crippen LogP contribution in [-0.2, 0) is 16.1 Å². The van der Waals surface area contributed by atoms with Gasteiger partial charge in [0.1, 0.15) is 12.6 Å². The van der Waals surface area contributed by atoms with Crippen molar-refractivity contribution in [3.63, 3.8) is 0 Å². The van der Waals surface area contributed by atoms with E-state index in [-0.39, 0.29) is 24.4 Å². The quantitative estimate of drug-likeness (QED) is 0.837. The first kappa shape index (κ1) is 15.5. The molecule has 1 aromatic heterocycles. The number of para-hydroxylation sites is 2. The largest absolute Gasteiger partial charge is 0.355 e. The number of nitrogens with two attached hydrogens (primary N) is 1. The molecule has 0 unspecified atom stereocenters. The van der Waals surface area contributed by atoms with E-state index in [1.165, 1.54) is 0 Å². The second-order valence-corrected chi connectivity index (χ2v) is 5.81. The van der Waals surface area contributed by atoms with Crippen LogP contribution in [0, 0.1) is 0 Å². The zero-order valence-electron chi connectivity index (χ0n) is 13.1. The van der Waals surface area contributed by atoms with E-state index in [0.29, 0.717) is 19.5 Å². The van der Waals surface area contributed by atoms with Gasteiger partial charge in [-0.3, -0.25) is 9.59 Å². The van der Waals surface area contributed by atoms with Gasteiger partial charge in [0.2, 0.25) is 11.8 Å². The topological polar surface area (TPSA) is 93.3 Å². The summed E-state index contributed by atoms with van der Waals surface area (Å²) < 4.78 is 1.80. The lowest BCUT2D eigenvalue weighted by molar-refractivity contribution is -0.138. The van der Waals surface area contributed by atoms with Crippen molar-refractivity contribution in [1.82, 2.24) is 19.8 Å². The van der Waals surface area contributed by atoms with E-state index in [0.717, 1.165) is 11.0 Å². The molecule has 1 saturated heterocycles. The number of benzene rings is 1. The van der Waals surface area contributed by atoms with Crippen LogP contribution in [0.1, 0.15) is 13.3 Å². The molecule has 122 valence electrons. The third-order valence-corrected chi connectivity index (χ3v) is 4.14. The van der Waals surface area contributed by atoms with Gasteiger partial charge in [-0.1, -0.05) is 12.1 Å². The van der Waals surface area contributed by atoms with Gasteiger partial charge in [0.25, 0.3) is 0 Å². The van der Waals surface area contributed by atoms with Crippen molar-refractivity contribution in [2.24, 2.45) is 5.73 Å². The number of rotatable bonds is 4. The summed E-state index contributed by atoms with van der Waals surface area (Å²) >= 11 is 0. The lowest BCUT2D eigenvalue weighted by Gasteiger charge is -2.24. The summed E-state index contributed by atoms with van der Waals surface area (Å²) in [6, 6.07) is 7.00. The molecule has 0 saturated carbocycles. The monoisotopic (exact) mass is 315 g/mol. The standard InChI is InChI=1S/C16H21N5O2/c1-2-18-16(23)14-7-11(17)8-21(14)15(22)9-20-10-19-12-5-3-4-6-13(12)20/h3-6,10-11,14H,2,7-9,17H2,1H3,(H,18,23)/t11-,14-/m0/s1. The van der Waals surface area contributed by atoms with Gasteiger partial charge >= 0.3 is 0 Å². The van der Waals surface area contributed by atoms with Crippen LogP contribution in [0.2, 0.25) is 0 Å². The van der Waals surface area contributed by atoms with Crippen molar-refractivity contribution in [3.8, 4) is 0 Å². The first-order valence-corrected chi connectivity index (χ1v) is 7.82. The molecule has 3 N–H and O–H groups in total. The van der Waals surface area contributed by atoms with Crippen molar-refractivity contribution < 1.29 is 9.59 Å². The fourth-order valence-electron chi connectivity index (χ4n) is 3.06. The van der Waals surface area contributed by atoms with Gasteiger partial charge < -0.3 is 20.5 Å². The molecule has 0 aliphatic carbocycles. The van der Waals surface area contributed by atoms with Gasteiger partial charge in [-0.15, -0.1) is 0 Å². The van der Waals surface area contributed by atoms with Crippen LogP contribution in [0.4, 0.5) is 0 Å². The maximum atomic E-state index is 12.7. The van der Waals surface area contributed by atoms with Gasteiger partial charge in [0.15, 0.2) is 0 Å². The van der Waals surface area contributed by atoms with Crippen LogP contribution in [-0.4, -0.2) is 51.4 Å². The highest BCUT2D eigenvalue weighted by molar-refractivity contribution is 5.89. The SMILES string of the molecule is CCNC(=O)[C@@H]1C[C@H](N)CN1C(=O)Cn1cnc2ccccc21. The fraction of sp³-hybridized carbons (Fsp3) is 0.438. The van der Waals surface area contributed by atoms with E-state index < -0.39 is 6.04 Å². The average Bonchev–Trinajstić information content (AvgIpc) is 3.12. The minimum absolute atomic E-state index is 0.114. The van der Waals surface area contributed by atoms with Gasteiger partial charge in [0, 0.05) is 19.1 Å². The summed E-state index contributed by atoms with van der Waals surface area (Å²) in [4.78, 5) is 30.7. The molecule has 1 aromatic carbocycles. The highest BCUT2D eigenvalue weighted by Gasteiger charge is 2.37. The fourth-order valence-corrected chi connectivity index (χ4v) is 3.06. The van der Waals surface area contributed by atoms with Crippen LogP contribution in [0.3, 0.4) is 0 Å². The number of nitrogens with one attached hydrogen (secondary N) is 1. The first-order valence-electron chi connectivity index (χ1n) is 7.82. The number of likely N-dealkylation sites (tertiary alicyclic amines) is 1. The molecule has 2 heterocycles. The molecular formula is C16H21N5O2. The number of amides is 2. The lowest BCUT2D eigenvalue weighted by atomic mass is 10.1. The smallest absolute Gasteiger partial charge is 0.243 e. The highest BCUT2D eigenvalue weighted by Crippen LogP contribution is 2.19. The van der Waals surface area contributed by atoms with E-state index in [1.54, 1.807) is 15.8 Å². The summed E-state index contributed by atoms with van der Waals surface area (Å²) in [6.07, 6.45) is 2.15. The van der Waals surface area contributed by atoms with Crippen LogP contribution in [0.25, 0.3) is 11.0 Å². The molecule has 3 rings (SSSR count). The second-order valence-electron chi connectivity index (χ2n) is 5.81. The Kier molecular flexibility index (Phi) is 4.29. The number of carbonyl (C=O) groups excluding carboxylic acids is 2. The number of carbonyl (C=O) groups is 2. The van der Waals surface area contributed by atoms with Crippen LogP contribution >= 0.6 is 0 Å². The lowest BCUT2D eigenvalue weighted by Crippen LogP contribution is -2.46. The molecule has 1 aliphatic heterocycles. The summed E-state index contributed by atoms with van der Waals surface area (Å²) in [7, 11) is 0. The zero-order chi connectivity index (χ0) is 16.4. The Balaban J connectivity index is 1.77. The molecule has 23 heavy (non-hydrogen) atoms. The Bertz CT molecular complexity index is 726. The molecule has 1 aliphatic rings. The van der Waals surface area contributed by atoms with Gasteiger partial charge in [-0.05, 0) is 25.5 Å². The summed E-state index contributed by atoms with van der Waals surface area (Å²) in [5.74, 6) is -0.248. The van der Waals surface area contributed by atoms with Crippen molar-refractivity contribution in [2.45, 2.75) is 32.0 Å². The molecule has 7 nitrogen and oxygen atoms in total. The van der Waals surface area contributed by atoms with Gasteiger partial charge in [-0.25, -0.2) is 4.98 Å². The number of hydrogen-bond donors (Lipinski definition) is 2.